The average molecular weight is 253 g/mol. The predicted molar refractivity (Wildman–Crippen MR) is 67.0 cm³/mol. The van der Waals surface area contributed by atoms with Gasteiger partial charge in [0.1, 0.15) is 0 Å². The van der Waals surface area contributed by atoms with Gasteiger partial charge in [0.05, 0.1) is 11.5 Å². The molecule has 0 aliphatic heterocycles. The summed E-state index contributed by atoms with van der Waals surface area (Å²) in [6, 6.07) is 3.57. The fourth-order valence-corrected chi connectivity index (χ4v) is 1.80. The van der Waals surface area contributed by atoms with E-state index in [1.54, 1.807) is 13.0 Å². The molecule has 1 amide bonds. The van der Waals surface area contributed by atoms with Crippen LogP contribution in [0.5, 0.6) is 0 Å². The van der Waals surface area contributed by atoms with Crippen molar-refractivity contribution in [2.75, 3.05) is 13.2 Å². The number of esters is 1. The zero-order valence-corrected chi connectivity index (χ0v) is 10.5. The third-order valence-corrected chi connectivity index (χ3v) is 2.89. The molecule has 1 aromatic rings. The maximum atomic E-state index is 11.5. The van der Waals surface area contributed by atoms with Crippen LogP contribution in [0.25, 0.3) is 0 Å². The Morgan fingerprint density at radius 1 is 1.53 bits per heavy atom. The molecule has 17 heavy (non-hydrogen) atoms. The molecule has 0 fully saturated rings. The minimum Gasteiger partial charge on any atom is -0.463 e. The molecule has 1 N–H and O–H groups in total. The highest BCUT2D eigenvalue weighted by Crippen LogP contribution is 2.08. The van der Waals surface area contributed by atoms with Gasteiger partial charge >= 0.3 is 5.97 Å². The van der Waals surface area contributed by atoms with Crippen molar-refractivity contribution in [3.05, 3.63) is 34.5 Å². The Morgan fingerprint density at radius 2 is 2.29 bits per heavy atom. The lowest BCUT2D eigenvalue weighted by atomic mass is 10.2. The first kappa shape index (κ1) is 13.4. The quantitative estimate of drug-likeness (QED) is 0.623. The number of hydrogen-bond acceptors (Lipinski definition) is 4. The monoisotopic (exact) mass is 253 g/mol. The molecule has 0 spiro atoms. The summed E-state index contributed by atoms with van der Waals surface area (Å²) >= 11 is 1.38. The number of carbonyl (C=O) groups excluding carboxylic acids is 2. The third kappa shape index (κ3) is 4.40. The summed E-state index contributed by atoms with van der Waals surface area (Å²) in [6.07, 6.45) is 0.399. The van der Waals surface area contributed by atoms with Crippen molar-refractivity contribution in [2.24, 2.45) is 0 Å². The summed E-state index contributed by atoms with van der Waals surface area (Å²) in [5.74, 6) is -0.533. The van der Waals surface area contributed by atoms with Crippen LogP contribution in [0.1, 0.15) is 23.0 Å². The smallest absolute Gasteiger partial charge is 0.333 e. The van der Waals surface area contributed by atoms with Crippen LogP contribution >= 0.6 is 11.3 Å². The second-order valence-electron chi connectivity index (χ2n) is 3.31. The van der Waals surface area contributed by atoms with Crippen LogP contribution in [0.4, 0.5) is 0 Å². The zero-order valence-electron chi connectivity index (χ0n) is 9.69. The van der Waals surface area contributed by atoms with Crippen LogP contribution in [-0.4, -0.2) is 25.0 Å². The van der Waals surface area contributed by atoms with Crippen LogP contribution in [0.15, 0.2) is 29.7 Å². The van der Waals surface area contributed by atoms with Crippen molar-refractivity contribution in [3.8, 4) is 0 Å². The molecule has 0 atom stereocenters. The molecule has 0 aromatic carbocycles. The van der Waals surface area contributed by atoms with Crippen LogP contribution < -0.4 is 5.32 Å². The summed E-state index contributed by atoms with van der Waals surface area (Å²) in [5.41, 5.74) is 0.373. The molecular weight excluding hydrogens is 238 g/mol. The Kier molecular flexibility index (Phi) is 5.42. The topological polar surface area (TPSA) is 55.4 Å². The van der Waals surface area contributed by atoms with E-state index in [0.29, 0.717) is 30.0 Å². The summed E-state index contributed by atoms with van der Waals surface area (Å²) in [7, 11) is 0. The van der Waals surface area contributed by atoms with Gasteiger partial charge < -0.3 is 10.1 Å². The zero-order chi connectivity index (χ0) is 12.7. The number of nitrogens with one attached hydrogen (secondary N) is 1. The maximum absolute atomic E-state index is 11.5. The molecule has 0 radical (unpaired) electrons. The number of hydrogen-bond donors (Lipinski definition) is 1. The number of rotatable bonds is 6. The van der Waals surface area contributed by atoms with Gasteiger partial charge in [0, 0.05) is 12.1 Å². The van der Waals surface area contributed by atoms with Gasteiger partial charge in [-0.3, -0.25) is 4.79 Å². The molecule has 1 heterocycles. The number of amides is 1. The van der Waals surface area contributed by atoms with Gasteiger partial charge in [-0.15, -0.1) is 11.3 Å². The third-order valence-electron chi connectivity index (χ3n) is 2.02. The molecule has 4 nitrogen and oxygen atoms in total. The first-order valence-electron chi connectivity index (χ1n) is 5.31. The first-order valence-corrected chi connectivity index (χ1v) is 6.19. The van der Waals surface area contributed by atoms with Gasteiger partial charge in [-0.2, -0.15) is 0 Å². The lowest BCUT2D eigenvalue weighted by Crippen LogP contribution is -2.24. The highest BCUT2D eigenvalue weighted by Gasteiger charge is 2.09. The van der Waals surface area contributed by atoms with Gasteiger partial charge in [0.25, 0.3) is 5.91 Å². The fourth-order valence-electron chi connectivity index (χ4n) is 1.16. The van der Waals surface area contributed by atoms with Gasteiger partial charge in [-0.05, 0) is 24.8 Å². The molecule has 1 aromatic heterocycles. The molecule has 0 aliphatic carbocycles. The number of ether oxygens (including phenoxy) is 1. The maximum Gasteiger partial charge on any atom is 0.333 e. The largest absolute Gasteiger partial charge is 0.463 e. The lowest BCUT2D eigenvalue weighted by molar-refractivity contribution is -0.138. The Labute approximate surface area is 104 Å². The average Bonchev–Trinajstić information content (AvgIpc) is 2.82. The number of thiophene rings is 1. The van der Waals surface area contributed by atoms with Gasteiger partial charge in [0.15, 0.2) is 0 Å². The highest BCUT2D eigenvalue weighted by atomic mass is 32.1. The van der Waals surface area contributed by atoms with Gasteiger partial charge in [0.2, 0.25) is 0 Å². The molecule has 92 valence electrons. The van der Waals surface area contributed by atoms with Gasteiger partial charge in [-0.1, -0.05) is 12.6 Å². The normalized spacial score (nSPS) is 9.71. The van der Waals surface area contributed by atoms with Crippen molar-refractivity contribution < 1.29 is 14.3 Å². The molecule has 0 bridgehead atoms. The second-order valence-corrected chi connectivity index (χ2v) is 4.25. The Hall–Kier alpha value is -1.62. The van der Waals surface area contributed by atoms with Crippen molar-refractivity contribution in [1.29, 1.82) is 0 Å². The lowest BCUT2D eigenvalue weighted by Gasteiger charge is -2.06. The second kappa shape index (κ2) is 6.85. The Bertz CT molecular complexity index is 398. The van der Waals surface area contributed by atoms with Crippen molar-refractivity contribution in [3.63, 3.8) is 0 Å². The molecule has 0 aliphatic rings. The summed E-state index contributed by atoms with van der Waals surface area (Å²) < 4.78 is 4.78. The van der Waals surface area contributed by atoms with E-state index in [0.717, 1.165) is 0 Å². The fraction of sp³-hybridized carbons (Fsp3) is 0.333. The Balaban J connectivity index is 2.26. The SMILES string of the molecule is C=C(CCNC(=O)c1cccs1)C(=O)OCC. The Morgan fingerprint density at radius 3 is 2.88 bits per heavy atom. The van der Waals surface area contributed by atoms with Gasteiger partial charge in [-0.25, -0.2) is 4.79 Å². The van der Waals surface area contributed by atoms with E-state index in [9.17, 15) is 9.59 Å². The molecule has 0 unspecified atom stereocenters. The first-order chi connectivity index (χ1) is 8.15. The van der Waals surface area contributed by atoms with Crippen molar-refractivity contribution >= 4 is 23.2 Å². The summed E-state index contributed by atoms with van der Waals surface area (Å²) in [5, 5.41) is 4.56. The van der Waals surface area contributed by atoms with Crippen molar-refractivity contribution in [2.45, 2.75) is 13.3 Å². The van der Waals surface area contributed by atoms with Crippen LogP contribution in [0, 0.1) is 0 Å². The van der Waals surface area contributed by atoms with Crippen LogP contribution in [-0.2, 0) is 9.53 Å². The van der Waals surface area contributed by atoms with Crippen LogP contribution in [0.2, 0.25) is 0 Å². The molecule has 0 saturated carbocycles. The molecule has 5 heteroatoms. The van der Waals surface area contributed by atoms with E-state index < -0.39 is 5.97 Å². The van der Waals surface area contributed by atoms with Crippen LogP contribution in [0.3, 0.4) is 0 Å². The van der Waals surface area contributed by atoms with Crippen molar-refractivity contribution in [1.82, 2.24) is 5.32 Å². The minimum absolute atomic E-state index is 0.128. The summed E-state index contributed by atoms with van der Waals surface area (Å²) in [6.45, 7) is 6.07. The molecular formula is C12H15NO3S. The van der Waals surface area contributed by atoms with E-state index >= 15 is 0 Å². The minimum atomic E-state index is -0.405. The van der Waals surface area contributed by atoms with E-state index in [2.05, 4.69) is 11.9 Å². The highest BCUT2D eigenvalue weighted by molar-refractivity contribution is 7.12. The predicted octanol–water partition coefficient (Wildman–Crippen LogP) is 1.99. The number of carbonyl (C=O) groups is 2. The van der Waals surface area contributed by atoms with E-state index in [1.807, 2.05) is 11.4 Å². The summed E-state index contributed by atoms with van der Waals surface area (Å²) in [4.78, 5) is 23.4. The standard InChI is InChI=1S/C12H15NO3S/c1-3-16-12(15)9(2)6-7-13-11(14)10-5-4-8-17-10/h4-5,8H,2-3,6-7H2,1H3,(H,13,14). The van der Waals surface area contributed by atoms with E-state index in [1.165, 1.54) is 11.3 Å². The molecule has 1 rings (SSSR count). The molecule has 0 saturated heterocycles. The van der Waals surface area contributed by atoms with E-state index in [4.69, 9.17) is 4.74 Å². The van der Waals surface area contributed by atoms with E-state index in [-0.39, 0.29) is 5.91 Å².